The van der Waals surface area contributed by atoms with E-state index in [9.17, 15) is 14.9 Å². The Balaban J connectivity index is 3.58. The first-order valence-electron chi connectivity index (χ1n) is 4.91. The number of aromatic nitrogens is 1. The van der Waals surface area contributed by atoms with E-state index in [0.717, 1.165) is 0 Å². The van der Waals surface area contributed by atoms with Gasteiger partial charge in [0, 0.05) is 17.7 Å². The lowest BCUT2D eigenvalue weighted by Gasteiger charge is -2.11. The normalized spacial score (nSPS) is 10.5. The van der Waals surface area contributed by atoms with E-state index in [1.165, 1.54) is 16.8 Å². The summed E-state index contributed by atoms with van der Waals surface area (Å²) in [5.74, 6) is 0. The second kappa shape index (κ2) is 4.30. The molecule has 1 aromatic rings. The number of nitrogens with zero attached hydrogens (tertiary/aromatic N) is 2. The molecule has 16 heavy (non-hydrogen) atoms. The second-order valence-corrected chi connectivity index (χ2v) is 3.96. The molecule has 0 radical (unpaired) electrons. The number of hydrogen-bond acceptors (Lipinski definition) is 3. The fourth-order valence-corrected chi connectivity index (χ4v) is 1.38. The van der Waals surface area contributed by atoms with Gasteiger partial charge in [0.1, 0.15) is 0 Å². The maximum absolute atomic E-state index is 11.9. The molecule has 1 rings (SSSR count). The third-order valence-corrected chi connectivity index (χ3v) is 2.26. The van der Waals surface area contributed by atoms with Gasteiger partial charge >= 0.3 is 0 Å². The lowest BCUT2D eigenvalue weighted by Crippen LogP contribution is -2.24. The van der Waals surface area contributed by atoms with E-state index >= 15 is 0 Å². The fourth-order valence-electron chi connectivity index (χ4n) is 1.38. The summed E-state index contributed by atoms with van der Waals surface area (Å²) in [7, 11) is 0. The molecule has 0 atom stereocenters. The summed E-state index contributed by atoms with van der Waals surface area (Å²) < 4.78 is 1.35. The second-order valence-electron chi connectivity index (χ2n) is 3.96. The highest BCUT2D eigenvalue weighted by molar-refractivity contribution is 5.62. The summed E-state index contributed by atoms with van der Waals surface area (Å²) in [5.41, 5.74) is 0.491. The van der Waals surface area contributed by atoms with Crippen LogP contribution in [-0.2, 0) is 0 Å². The molecule has 1 aromatic heterocycles. The quantitative estimate of drug-likeness (QED) is 0.582. The van der Waals surface area contributed by atoms with Crippen molar-refractivity contribution < 1.29 is 4.92 Å². The maximum atomic E-state index is 11.9. The molecule has 1 heterocycles. The van der Waals surface area contributed by atoms with Crippen molar-refractivity contribution in [2.24, 2.45) is 0 Å². The Morgan fingerprint density at radius 3 is 2.50 bits per heavy atom. The number of allylic oxidation sites excluding steroid dienone is 1. The number of rotatable bonds is 3. The molecular formula is C11H14N2O3. The largest absolute Gasteiger partial charge is 0.306 e. The maximum Gasteiger partial charge on any atom is 0.286 e. The summed E-state index contributed by atoms with van der Waals surface area (Å²) in [6.45, 7) is 8.91. The van der Waals surface area contributed by atoms with Crippen molar-refractivity contribution in [2.75, 3.05) is 0 Å². The zero-order valence-corrected chi connectivity index (χ0v) is 9.56. The minimum atomic E-state index is -0.509. The van der Waals surface area contributed by atoms with Crippen molar-refractivity contribution >= 4 is 11.3 Å². The highest BCUT2D eigenvalue weighted by Crippen LogP contribution is 2.17. The minimum Gasteiger partial charge on any atom is -0.306 e. The molecule has 0 unspecified atom stereocenters. The fraction of sp³-hybridized carbons (Fsp3) is 0.364. The van der Waals surface area contributed by atoms with Gasteiger partial charge in [-0.15, -0.1) is 0 Å². The van der Waals surface area contributed by atoms with Crippen molar-refractivity contribution in [3.63, 3.8) is 0 Å². The molecule has 0 bridgehead atoms. The third-order valence-electron chi connectivity index (χ3n) is 2.26. The molecule has 86 valence electrons. The first-order chi connectivity index (χ1) is 7.34. The van der Waals surface area contributed by atoms with E-state index in [2.05, 4.69) is 6.58 Å². The van der Waals surface area contributed by atoms with Crippen LogP contribution in [0.2, 0.25) is 0 Å². The molecule has 0 amide bonds. The Morgan fingerprint density at radius 2 is 2.12 bits per heavy atom. The molecule has 0 aliphatic rings. The van der Waals surface area contributed by atoms with Gasteiger partial charge in [0.15, 0.2) is 0 Å². The van der Waals surface area contributed by atoms with Gasteiger partial charge in [-0.2, -0.15) is 0 Å². The first kappa shape index (κ1) is 12.2. The van der Waals surface area contributed by atoms with Crippen LogP contribution >= 0.6 is 0 Å². The van der Waals surface area contributed by atoms with Crippen LogP contribution in [0, 0.1) is 10.1 Å². The Hall–Kier alpha value is -1.91. The van der Waals surface area contributed by atoms with Crippen LogP contribution in [0.25, 0.3) is 5.57 Å². The molecule has 5 nitrogen and oxygen atoms in total. The topological polar surface area (TPSA) is 65.1 Å². The van der Waals surface area contributed by atoms with Gasteiger partial charge in [0.2, 0.25) is 0 Å². The zero-order valence-electron chi connectivity index (χ0n) is 9.56. The van der Waals surface area contributed by atoms with Crippen LogP contribution in [-0.4, -0.2) is 9.49 Å². The average Bonchev–Trinajstić information content (AvgIpc) is 2.16. The van der Waals surface area contributed by atoms with Crippen molar-refractivity contribution in [3.05, 3.63) is 44.9 Å². The SMILES string of the molecule is C=C(C)c1cc([N+](=O)[O-])cn(C(C)C)c1=O. The summed E-state index contributed by atoms with van der Waals surface area (Å²) in [5, 5.41) is 10.7. The monoisotopic (exact) mass is 222 g/mol. The van der Waals surface area contributed by atoms with Crippen LogP contribution in [0.3, 0.4) is 0 Å². The van der Waals surface area contributed by atoms with E-state index in [-0.39, 0.29) is 17.3 Å². The summed E-state index contributed by atoms with van der Waals surface area (Å²) >= 11 is 0. The van der Waals surface area contributed by atoms with Gasteiger partial charge in [-0.05, 0) is 26.3 Å². The van der Waals surface area contributed by atoms with Gasteiger partial charge in [0.25, 0.3) is 11.2 Å². The highest BCUT2D eigenvalue weighted by Gasteiger charge is 2.15. The van der Waals surface area contributed by atoms with E-state index in [0.29, 0.717) is 11.1 Å². The van der Waals surface area contributed by atoms with E-state index in [1.54, 1.807) is 20.8 Å². The van der Waals surface area contributed by atoms with Crippen LogP contribution in [0.15, 0.2) is 23.6 Å². The molecule has 0 spiro atoms. The van der Waals surface area contributed by atoms with Crippen LogP contribution in [0.5, 0.6) is 0 Å². The van der Waals surface area contributed by atoms with E-state index < -0.39 is 4.92 Å². The van der Waals surface area contributed by atoms with Crippen LogP contribution < -0.4 is 5.56 Å². The predicted molar refractivity (Wildman–Crippen MR) is 62.4 cm³/mol. The molecule has 0 aromatic carbocycles. The Labute approximate surface area is 93.2 Å². The molecule has 0 saturated carbocycles. The molecule has 0 N–H and O–H groups in total. The third kappa shape index (κ3) is 2.18. The summed E-state index contributed by atoms with van der Waals surface area (Å²) in [6, 6.07) is 1.15. The van der Waals surface area contributed by atoms with Crippen molar-refractivity contribution in [1.82, 2.24) is 4.57 Å². The standard InChI is InChI=1S/C11H14N2O3/c1-7(2)10-5-9(13(15)16)6-12(8(3)4)11(10)14/h5-6,8H,1H2,2-4H3. The van der Waals surface area contributed by atoms with Gasteiger partial charge in [-0.1, -0.05) is 6.58 Å². The summed E-state index contributed by atoms with van der Waals surface area (Å²) in [6.07, 6.45) is 1.26. The molecule has 0 aliphatic carbocycles. The Bertz CT molecular complexity index is 500. The van der Waals surface area contributed by atoms with Crippen LogP contribution in [0.4, 0.5) is 5.69 Å². The summed E-state index contributed by atoms with van der Waals surface area (Å²) in [4.78, 5) is 22.1. The Morgan fingerprint density at radius 1 is 1.56 bits per heavy atom. The van der Waals surface area contributed by atoms with Gasteiger partial charge in [0.05, 0.1) is 11.1 Å². The van der Waals surface area contributed by atoms with Gasteiger partial charge in [-0.3, -0.25) is 14.9 Å². The Kier molecular flexibility index (Phi) is 3.27. The van der Waals surface area contributed by atoms with Crippen LogP contribution in [0.1, 0.15) is 32.4 Å². The number of hydrogen-bond donors (Lipinski definition) is 0. The minimum absolute atomic E-state index is 0.0914. The van der Waals surface area contributed by atoms with Gasteiger partial charge < -0.3 is 4.57 Å². The zero-order chi connectivity index (χ0) is 12.5. The van der Waals surface area contributed by atoms with Crippen molar-refractivity contribution in [2.45, 2.75) is 26.8 Å². The van der Waals surface area contributed by atoms with Gasteiger partial charge in [-0.25, -0.2) is 0 Å². The predicted octanol–water partition coefficient (Wildman–Crippen LogP) is 2.37. The molecule has 5 heteroatoms. The van der Waals surface area contributed by atoms with Crippen molar-refractivity contribution in [1.29, 1.82) is 0 Å². The van der Waals surface area contributed by atoms with E-state index in [4.69, 9.17) is 0 Å². The lowest BCUT2D eigenvalue weighted by atomic mass is 10.1. The number of pyridine rings is 1. The lowest BCUT2D eigenvalue weighted by molar-refractivity contribution is -0.385. The smallest absolute Gasteiger partial charge is 0.286 e. The van der Waals surface area contributed by atoms with Crippen molar-refractivity contribution in [3.8, 4) is 0 Å². The van der Waals surface area contributed by atoms with E-state index in [1.807, 2.05) is 0 Å². The molecule has 0 fully saturated rings. The molecule has 0 saturated heterocycles. The average molecular weight is 222 g/mol. The highest BCUT2D eigenvalue weighted by atomic mass is 16.6. The molecular weight excluding hydrogens is 208 g/mol. The molecule has 0 aliphatic heterocycles. The number of nitro groups is 1. The first-order valence-corrected chi connectivity index (χ1v) is 4.91.